The lowest BCUT2D eigenvalue weighted by atomic mass is 9.52. The number of allylic oxidation sites excluding steroid dienone is 1. The minimum absolute atomic E-state index is 0.0522. The average Bonchev–Trinajstić information content (AvgIpc) is 2.51. The predicted octanol–water partition coefficient (Wildman–Crippen LogP) is 0.759. The van der Waals surface area contributed by atoms with Crippen molar-refractivity contribution in [3.63, 3.8) is 0 Å². The van der Waals surface area contributed by atoms with Crippen molar-refractivity contribution in [2.75, 3.05) is 20.1 Å². The summed E-state index contributed by atoms with van der Waals surface area (Å²) in [6.07, 6.45) is 2.36. The highest BCUT2D eigenvalue weighted by molar-refractivity contribution is 6.57. The summed E-state index contributed by atoms with van der Waals surface area (Å²) in [6.45, 7) is 3.55. The topological polar surface area (TPSA) is 72.9 Å². The Hall–Kier alpha value is -2.41. The van der Waals surface area contributed by atoms with Crippen LogP contribution in [0.3, 0.4) is 0 Å². The molecule has 1 heterocycles. The third kappa shape index (κ3) is 3.68. The Balaban J connectivity index is 2.44. The van der Waals surface area contributed by atoms with E-state index in [1.54, 1.807) is 37.4 Å². The van der Waals surface area contributed by atoms with Crippen LogP contribution in [0.15, 0.2) is 43.0 Å². The van der Waals surface area contributed by atoms with Gasteiger partial charge in [0.1, 0.15) is 11.6 Å². The first-order chi connectivity index (χ1) is 11.0. The molecule has 1 unspecified atom stereocenters. The summed E-state index contributed by atoms with van der Waals surface area (Å²) in [7, 11) is 0.283. The van der Waals surface area contributed by atoms with Crippen LogP contribution in [0.25, 0.3) is 0 Å². The summed E-state index contributed by atoms with van der Waals surface area (Å²) in [6, 6.07) is 8.78. The maximum atomic E-state index is 12.0. The van der Waals surface area contributed by atoms with Crippen LogP contribution in [0.2, 0.25) is 0 Å². The van der Waals surface area contributed by atoms with E-state index in [1.165, 1.54) is 11.0 Å². The standard InChI is InChI=1S/C16H18BNO5/c1-3-9-16(12-19,13-7-5-4-6-8-13)17-22-14(20)10-18(2)11-15(21)23-17/h3-8,12H,1,9-11H2,2H3. The molecule has 0 bridgehead atoms. The van der Waals surface area contributed by atoms with Crippen LogP contribution in [0.1, 0.15) is 12.0 Å². The minimum atomic E-state index is -1.32. The first kappa shape index (κ1) is 17.0. The maximum Gasteiger partial charge on any atom is 0.617 e. The van der Waals surface area contributed by atoms with Gasteiger partial charge in [-0.05, 0) is 19.0 Å². The van der Waals surface area contributed by atoms with Crippen molar-refractivity contribution in [3.8, 4) is 0 Å². The average molecular weight is 315 g/mol. The number of carbonyl (C=O) groups excluding carboxylic acids is 3. The van der Waals surface area contributed by atoms with Crippen molar-refractivity contribution in [3.05, 3.63) is 48.6 Å². The number of hydrogen-bond acceptors (Lipinski definition) is 6. The van der Waals surface area contributed by atoms with Crippen LogP contribution < -0.4 is 0 Å². The number of carbonyl (C=O) groups is 3. The van der Waals surface area contributed by atoms with Crippen molar-refractivity contribution < 1.29 is 23.7 Å². The van der Waals surface area contributed by atoms with Gasteiger partial charge in [0.2, 0.25) is 0 Å². The van der Waals surface area contributed by atoms with Gasteiger partial charge in [-0.3, -0.25) is 14.5 Å². The number of aldehydes is 1. The third-order valence-electron chi connectivity index (χ3n) is 3.70. The Morgan fingerprint density at radius 1 is 1.22 bits per heavy atom. The van der Waals surface area contributed by atoms with Crippen LogP contribution in [0.5, 0.6) is 0 Å². The lowest BCUT2D eigenvalue weighted by molar-refractivity contribution is -0.146. The first-order valence-electron chi connectivity index (χ1n) is 7.22. The molecule has 120 valence electrons. The zero-order valence-electron chi connectivity index (χ0n) is 12.9. The third-order valence-corrected chi connectivity index (χ3v) is 3.70. The van der Waals surface area contributed by atoms with Crippen LogP contribution in [0, 0.1) is 0 Å². The Kier molecular flexibility index (Phi) is 5.34. The fourth-order valence-electron chi connectivity index (χ4n) is 2.55. The zero-order chi connectivity index (χ0) is 16.9. The van der Waals surface area contributed by atoms with Gasteiger partial charge in [0.05, 0.1) is 13.1 Å². The molecule has 7 heteroatoms. The summed E-state index contributed by atoms with van der Waals surface area (Å²) < 4.78 is 10.6. The molecule has 1 aliphatic heterocycles. The van der Waals surface area contributed by atoms with E-state index in [9.17, 15) is 14.4 Å². The van der Waals surface area contributed by atoms with E-state index in [2.05, 4.69) is 6.58 Å². The van der Waals surface area contributed by atoms with Crippen LogP contribution in [0.4, 0.5) is 0 Å². The van der Waals surface area contributed by atoms with E-state index in [4.69, 9.17) is 9.31 Å². The number of nitrogens with zero attached hydrogens (tertiary/aromatic N) is 1. The SMILES string of the molecule is C=CCC(C=O)(B1OC(=O)CN(C)CC(=O)O1)c1ccccc1. The summed E-state index contributed by atoms with van der Waals surface area (Å²) >= 11 is 0. The van der Waals surface area contributed by atoms with Gasteiger partial charge < -0.3 is 14.1 Å². The smallest absolute Gasteiger partial charge is 0.497 e. The lowest BCUT2D eigenvalue weighted by Crippen LogP contribution is -2.54. The first-order valence-corrected chi connectivity index (χ1v) is 7.22. The summed E-state index contributed by atoms with van der Waals surface area (Å²) in [5.74, 6) is -1.12. The van der Waals surface area contributed by atoms with Gasteiger partial charge in [-0.25, -0.2) is 0 Å². The number of likely N-dealkylation sites (N-methyl/N-ethyl adjacent to an activating group) is 1. The molecule has 6 nitrogen and oxygen atoms in total. The van der Waals surface area contributed by atoms with Gasteiger partial charge in [0.25, 0.3) is 0 Å². The molecule has 1 fully saturated rings. The molecular weight excluding hydrogens is 297 g/mol. The second-order valence-electron chi connectivity index (χ2n) is 5.50. The number of rotatable bonds is 5. The van der Waals surface area contributed by atoms with Crippen LogP contribution in [-0.2, 0) is 29.0 Å². The monoisotopic (exact) mass is 315 g/mol. The van der Waals surface area contributed by atoms with Gasteiger partial charge in [0.15, 0.2) is 0 Å². The Bertz CT molecular complexity index is 586. The Morgan fingerprint density at radius 2 is 1.78 bits per heavy atom. The number of benzene rings is 1. The lowest BCUT2D eigenvalue weighted by Gasteiger charge is -2.32. The summed E-state index contributed by atoms with van der Waals surface area (Å²) in [5.41, 5.74) is 0.592. The normalized spacial score (nSPS) is 18.9. The van der Waals surface area contributed by atoms with Gasteiger partial charge >= 0.3 is 19.1 Å². The van der Waals surface area contributed by atoms with E-state index in [1.807, 2.05) is 0 Å². The molecule has 1 aliphatic rings. The predicted molar refractivity (Wildman–Crippen MR) is 84.4 cm³/mol. The Labute approximate surface area is 135 Å². The van der Waals surface area contributed by atoms with Gasteiger partial charge in [-0.15, -0.1) is 6.58 Å². The molecule has 0 radical (unpaired) electrons. The Morgan fingerprint density at radius 3 is 2.26 bits per heavy atom. The van der Waals surface area contributed by atoms with Crippen molar-refractivity contribution in [2.45, 2.75) is 11.7 Å². The van der Waals surface area contributed by atoms with Crippen LogP contribution in [-0.4, -0.2) is 50.4 Å². The van der Waals surface area contributed by atoms with E-state index in [0.717, 1.165) is 0 Å². The van der Waals surface area contributed by atoms with Crippen molar-refractivity contribution in [2.24, 2.45) is 0 Å². The molecule has 0 spiro atoms. The molecule has 1 aromatic rings. The van der Waals surface area contributed by atoms with Gasteiger partial charge in [0, 0.05) is 0 Å². The van der Waals surface area contributed by atoms with Gasteiger partial charge in [-0.1, -0.05) is 36.4 Å². The molecule has 1 saturated heterocycles. The molecule has 0 aromatic heterocycles. The largest absolute Gasteiger partial charge is 0.617 e. The number of hydrogen-bond donors (Lipinski definition) is 0. The van der Waals surface area contributed by atoms with Crippen molar-refractivity contribution >= 4 is 25.3 Å². The molecular formula is C16H18BNO5. The summed E-state index contributed by atoms with van der Waals surface area (Å²) in [5, 5.41) is -1.32. The second-order valence-corrected chi connectivity index (χ2v) is 5.50. The second kappa shape index (κ2) is 7.24. The fourth-order valence-corrected chi connectivity index (χ4v) is 2.55. The summed E-state index contributed by atoms with van der Waals surface area (Å²) in [4.78, 5) is 37.4. The van der Waals surface area contributed by atoms with Crippen molar-refractivity contribution in [1.82, 2.24) is 4.90 Å². The van der Waals surface area contributed by atoms with Gasteiger partial charge in [-0.2, -0.15) is 0 Å². The zero-order valence-corrected chi connectivity index (χ0v) is 12.9. The van der Waals surface area contributed by atoms with E-state index in [0.29, 0.717) is 11.8 Å². The highest BCUT2D eigenvalue weighted by Gasteiger charge is 2.53. The maximum absolute atomic E-state index is 12.0. The highest BCUT2D eigenvalue weighted by Crippen LogP contribution is 2.31. The molecule has 1 aromatic carbocycles. The fraction of sp³-hybridized carbons (Fsp3) is 0.312. The van der Waals surface area contributed by atoms with E-state index in [-0.39, 0.29) is 19.5 Å². The van der Waals surface area contributed by atoms with E-state index >= 15 is 0 Å². The minimum Gasteiger partial charge on any atom is -0.497 e. The molecule has 1 atom stereocenters. The molecule has 2 rings (SSSR count). The van der Waals surface area contributed by atoms with Crippen LogP contribution >= 0.6 is 0 Å². The quantitative estimate of drug-likeness (QED) is 0.454. The van der Waals surface area contributed by atoms with E-state index < -0.39 is 24.4 Å². The highest BCUT2D eigenvalue weighted by atomic mass is 16.6. The molecule has 23 heavy (non-hydrogen) atoms. The van der Waals surface area contributed by atoms with Crippen molar-refractivity contribution in [1.29, 1.82) is 0 Å². The molecule has 0 aliphatic carbocycles. The molecule has 0 N–H and O–H groups in total. The molecule has 0 saturated carbocycles. The molecule has 0 amide bonds.